The molecule has 0 saturated carbocycles. The average Bonchev–Trinajstić information content (AvgIpc) is 2.89. The molecule has 0 aliphatic heterocycles. The van der Waals surface area contributed by atoms with Gasteiger partial charge >= 0.3 is 0 Å². The van der Waals surface area contributed by atoms with Crippen LogP contribution in [0.4, 0.5) is 24.8 Å². The monoisotopic (exact) mass is 513 g/mol. The van der Waals surface area contributed by atoms with E-state index in [1.807, 2.05) is 0 Å². The Bertz CT molecular complexity index is 1780. The van der Waals surface area contributed by atoms with Crippen molar-refractivity contribution in [3.63, 3.8) is 0 Å². The molecule has 0 radical (unpaired) electrons. The third-order valence-electron chi connectivity index (χ3n) is 5.54. The lowest BCUT2D eigenvalue weighted by Gasteiger charge is -2.15. The second-order valence-electron chi connectivity index (χ2n) is 8.05. The number of rotatable bonds is 5. The first-order chi connectivity index (χ1) is 18.4. The SMILES string of the molecule is Nc1ncnc(NCCc2nc3cccc(F)c3c(=O)n2-c2cccc(F)c2)c1C#Cc1ccc(F)cn1. The number of benzene rings is 2. The maximum Gasteiger partial charge on any atom is 0.268 e. The minimum atomic E-state index is -0.717. The molecule has 0 fully saturated rings. The number of aromatic nitrogens is 5. The van der Waals surface area contributed by atoms with E-state index in [1.165, 1.54) is 65.5 Å². The van der Waals surface area contributed by atoms with Gasteiger partial charge in [0.25, 0.3) is 5.56 Å². The summed E-state index contributed by atoms with van der Waals surface area (Å²) >= 11 is 0. The molecule has 38 heavy (non-hydrogen) atoms. The highest BCUT2D eigenvalue weighted by atomic mass is 19.1. The second-order valence-corrected chi connectivity index (χ2v) is 8.05. The molecule has 5 rings (SSSR count). The Morgan fingerprint density at radius 1 is 0.947 bits per heavy atom. The van der Waals surface area contributed by atoms with Crippen LogP contribution in [0.25, 0.3) is 16.6 Å². The van der Waals surface area contributed by atoms with E-state index in [2.05, 4.69) is 37.1 Å². The van der Waals surface area contributed by atoms with Gasteiger partial charge in [0, 0.05) is 13.0 Å². The Morgan fingerprint density at radius 3 is 2.58 bits per heavy atom. The van der Waals surface area contributed by atoms with Crippen LogP contribution in [-0.2, 0) is 6.42 Å². The molecule has 0 amide bonds. The summed E-state index contributed by atoms with van der Waals surface area (Å²) in [5.41, 5.74) is 6.37. The third-order valence-corrected chi connectivity index (χ3v) is 5.54. The molecule has 0 aliphatic rings. The van der Waals surface area contributed by atoms with Gasteiger partial charge in [-0.3, -0.25) is 9.36 Å². The van der Waals surface area contributed by atoms with Crippen LogP contribution in [0.15, 0.2) is 71.9 Å². The molecule has 0 aliphatic carbocycles. The van der Waals surface area contributed by atoms with Gasteiger partial charge in [0.05, 0.1) is 17.4 Å². The normalized spacial score (nSPS) is 10.7. The second kappa shape index (κ2) is 10.4. The maximum atomic E-state index is 14.5. The van der Waals surface area contributed by atoms with E-state index in [0.29, 0.717) is 17.1 Å². The Balaban J connectivity index is 1.48. The predicted molar refractivity (Wildman–Crippen MR) is 136 cm³/mol. The lowest BCUT2D eigenvalue weighted by atomic mass is 10.2. The van der Waals surface area contributed by atoms with Crippen molar-refractivity contribution in [1.29, 1.82) is 0 Å². The van der Waals surface area contributed by atoms with Gasteiger partial charge in [-0.05, 0) is 48.4 Å². The van der Waals surface area contributed by atoms with Crippen LogP contribution in [0, 0.1) is 29.3 Å². The molecule has 5 aromatic rings. The van der Waals surface area contributed by atoms with Gasteiger partial charge in [-0.15, -0.1) is 0 Å². The summed E-state index contributed by atoms with van der Waals surface area (Å²) < 4.78 is 42.8. The number of pyridine rings is 1. The topological polar surface area (TPSA) is 112 Å². The van der Waals surface area contributed by atoms with Crippen LogP contribution < -0.4 is 16.6 Å². The highest BCUT2D eigenvalue weighted by molar-refractivity contribution is 5.78. The fourth-order valence-electron chi connectivity index (χ4n) is 3.81. The molecule has 3 heterocycles. The van der Waals surface area contributed by atoms with Crippen molar-refractivity contribution in [2.45, 2.75) is 6.42 Å². The summed E-state index contributed by atoms with van der Waals surface area (Å²) in [6.07, 6.45) is 2.49. The van der Waals surface area contributed by atoms with Gasteiger partial charge in [0.2, 0.25) is 0 Å². The lowest BCUT2D eigenvalue weighted by molar-refractivity contribution is 0.621. The fourth-order valence-corrected chi connectivity index (χ4v) is 3.81. The summed E-state index contributed by atoms with van der Waals surface area (Å²) in [4.78, 5) is 29.9. The van der Waals surface area contributed by atoms with E-state index in [-0.39, 0.29) is 41.2 Å². The summed E-state index contributed by atoms with van der Waals surface area (Å²) in [6.45, 7) is 0.211. The maximum absolute atomic E-state index is 14.5. The van der Waals surface area contributed by atoms with E-state index in [0.717, 1.165) is 6.20 Å². The van der Waals surface area contributed by atoms with Crippen LogP contribution in [0.1, 0.15) is 17.1 Å². The molecule has 3 aromatic heterocycles. The number of nitrogens with zero attached hydrogens (tertiary/aromatic N) is 5. The largest absolute Gasteiger partial charge is 0.382 e. The molecule has 2 aromatic carbocycles. The summed E-state index contributed by atoms with van der Waals surface area (Å²) in [5, 5.41) is 2.91. The molecule has 0 spiro atoms. The minimum absolute atomic E-state index is 0.119. The van der Waals surface area contributed by atoms with Crippen molar-refractivity contribution in [2.24, 2.45) is 0 Å². The number of anilines is 2. The molecule has 3 N–H and O–H groups in total. The van der Waals surface area contributed by atoms with Crippen LogP contribution in [0.5, 0.6) is 0 Å². The van der Waals surface area contributed by atoms with Crippen molar-refractivity contribution in [3.8, 4) is 17.5 Å². The van der Waals surface area contributed by atoms with E-state index in [1.54, 1.807) is 0 Å². The number of nitrogens with two attached hydrogens (primary N) is 1. The Hall–Kier alpha value is -5.24. The molecule has 8 nitrogen and oxygen atoms in total. The molecule has 0 bridgehead atoms. The van der Waals surface area contributed by atoms with Gasteiger partial charge in [0.15, 0.2) is 0 Å². The van der Waals surface area contributed by atoms with E-state index < -0.39 is 23.0 Å². The fraction of sp³-hybridized carbons (Fsp3) is 0.0741. The van der Waals surface area contributed by atoms with Crippen molar-refractivity contribution < 1.29 is 13.2 Å². The highest BCUT2D eigenvalue weighted by Crippen LogP contribution is 2.19. The first-order valence-electron chi connectivity index (χ1n) is 11.3. The number of halogens is 3. The predicted octanol–water partition coefficient (Wildman–Crippen LogP) is 3.62. The number of hydrogen-bond acceptors (Lipinski definition) is 7. The first kappa shape index (κ1) is 24.5. The molecule has 11 heteroatoms. The summed E-state index contributed by atoms with van der Waals surface area (Å²) in [5.74, 6) is 4.59. The number of nitrogens with one attached hydrogen (secondary N) is 1. The van der Waals surface area contributed by atoms with Gasteiger partial charge < -0.3 is 11.1 Å². The van der Waals surface area contributed by atoms with Crippen molar-refractivity contribution >= 4 is 22.5 Å². The lowest BCUT2D eigenvalue weighted by Crippen LogP contribution is -2.26. The Labute approximate surface area is 214 Å². The number of hydrogen-bond donors (Lipinski definition) is 2. The van der Waals surface area contributed by atoms with Crippen LogP contribution in [0.2, 0.25) is 0 Å². The van der Waals surface area contributed by atoms with Gasteiger partial charge in [0.1, 0.15) is 57.9 Å². The van der Waals surface area contributed by atoms with Crippen LogP contribution in [0.3, 0.4) is 0 Å². The van der Waals surface area contributed by atoms with E-state index in [4.69, 9.17) is 5.73 Å². The van der Waals surface area contributed by atoms with Crippen molar-refractivity contribution in [2.75, 3.05) is 17.6 Å². The smallest absolute Gasteiger partial charge is 0.268 e. The zero-order chi connectivity index (χ0) is 26.6. The van der Waals surface area contributed by atoms with Crippen molar-refractivity contribution in [1.82, 2.24) is 24.5 Å². The zero-order valence-electron chi connectivity index (χ0n) is 19.6. The molecule has 0 atom stereocenters. The number of nitrogen functional groups attached to an aromatic ring is 1. The zero-order valence-corrected chi connectivity index (χ0v) is 19.6. The van der Waals surface area contributed by atoms with Gasteiger partial charge in [-0.1, -0.05) is 18.1 Å². The molecule has 0 saturated heterocycles. The van der Waals surface area contributed by atoms with Crippen LogP contribution >= 0.6 is 0 Å². The Morgan fingerprint density at radius 2 is 1.79 bits per heavy atom. The summed E-state index contributed by atoms with van der Waals surface area (Å²) in [6, 6.07) is 12.2. The van der Waals surface area contributed by atoms with E-state index >= 15 is 0 Å². The number of fused-ring (bicyclic) bond motifs is 1. The Kier molecular flexibility index (Phi) is 6.69. The first-order valence-corrected chi connectivity index (χ1v) is 11.3. The van der Waals surface area contributed by atoms with E-state index in [9.17, 15) is 18.0 Å². The van der Waals surface area contributed by atoms with Gasteiger partial charge in [-0.2, -0.15) is 0 Å². The summed E-state index contributed by atoms with van der Waals surface area (Å²) in [7, 11) is 0. The quantitative estimate of drug-likeness (QED) is 0.345. The van der Waals surface area contributed by atoms with Crippen LogP contribution in [-0.4, -0.2) is 31.0 Å². The molecule has 0 unspecified atom stereocenters. The standard InChI is InChI=1S/C27H18F3N7O/c28-16-3-1-4-19(13-16)37-23(36-22-6-2-5-21(30)24(22)27(37)38)11-12-32-26-20(25(31)34-15-35-26)10-9-18-8-7-17(29)14-33-18/h1-8,13-15H,11-12H2,(H3,31,32,34,35). The molecule has 188 valence electrons. The minimum Gasteiger partial charge on any atom is -0.382 e. The van der Waals surface area contributed by atoms with Gasteiger partial charge in [-0.25, -0.2) is 33.1 Å². The molecular weight excluding hydrogens is 495 g/mol. The molecular formula is C27H18F3N7O. The highest BCUT2D eigenvalue weighted by Gasteiger charge is 2.16. The van der Waals surface area contributed by atoms with Crippen molar-refractivity contribution in [3.05, 3.63) is 112 Å². The third kappa shape index (κ3) is 5.01. The average molecular weight is 513 g/mol.